The number of aromatic nitrogens is 2. The van der Waals surface area contributed by atoms with Crippen LogP contribution in [0.4, 0.5) is 9.93 Å². The van der Waals surface area contributed by atoms with Crippen LogP contribution in [0.25, 0.3) is 0 Å². The van der Waals surface area contributed by atoms with Crippen LogP contribution < -0.4 is 11.1 Å². The van der Waals surface area contributed by atoms with E-state index in [2.05, 4.69) is 15.5 Å². The normalized spacial score (nSPS) is 10.2. The maximum atomic E-state index is 10.4. The number of carbonyl (C=O) groups is 1. The number of rotatable bonds is 2. The van der Waals surface area contributed by atoms with Crippen molar-refractivity contribution in [3.63, 3.8) is 0 Å². The van der Waals surface area contributed by atoms with Gasteiger partial charge in [0.05, 0.1) is 0 Å². The van der Waals surface area contributed by atoms with E-state index in [1.165, 1.54) is 11.3 Å². The van der Waals surface area contributed by atoms with Gasteiger partial charge in [-0.2, -0.15) is 0 Å². The summed E-state index contributed by atoms with van der Waals surface area (Å²) in [5.74, 6) is 0.325. The summed E-state index contributed by atoms with van der Waals surface area (Å²) in [6, 6.07) is -0.610. The van der Waals surface area contributed by atoms with Gasteiger partial charge in [0, 0.05) is 5.92 Å². The van der Waals surface area contributed by atoms with E-state index >= 15 is 0 Å². The molecule has 0 atom stereocenters. The molecule has 0 aromatic carbocycles. The molecule has 66 valence electrons. The molecule has 1 aromatic heterocycles. The lowest BCUT2D eigenvalue weighted by molar-refractivity contribution is 0.259. The summed E-state index contributed by atoms with van der Waals surface area (Å²) in [6.07, 6.45) is 0. The van der Waals surface area contributed by atoms with E-state index in [0.717, 1.165) is 5.01 Å². The molecule has 2 amide bonds. The fourth-order valence-corrected chi connectivity index (χ4v) is 1.37. The van der Waals surface area contributed by atoms with Crippen LogP contribution in [0.3, 0.4) is 0 Å². The van der Waals surface area contributed by atoms with E-state index < -0.39 is 6.03 Å². The first kappa shape index (κ1) is 8.92. The molecule has 0 radical (unpaired) electrons. The third-order valence-corrected chi connectivity index (χ3v) is 2.30. The molecule has 0 saturated carbocycles. The van der Waals surface area contributed by atoms with Crippen molar-refractivity contribution in [2.45, 2.75) is 19.8 Å². The predicted molar refractivity (Wildman–Crippen MR) is 47.2 cm³/mol. The molecule has 12 heavy (non-hydrogen) atoms. The molecule has 0 spiro atoms. The van der Waals surface area contributed by atoms with Crippen LogP contribution in [0.1, 0.15) is 24.8 Å². The summed E-state index contributed by atoms with van der Waals surface area (Å²) in [5, 5.41) is 11.3. The third-order valence-electron chi connectivity index (χ3n) is 1.16. The van der Waals surface area contributed by atoms with Crippen molar-refractivity contribution in [1.82, 2.24) is 10.2 Å². The minimum absolute atomic E-state index is 0.325. The average Bonchev–Trinajstić information content (AvgIpc) is 2.34. The standard InChI is InChI=1S/C6H10N4OS/c1-3(2)4-9-10-6(12-4)8-5(7)11/h3H,1-2H3,(H3,7,8,10,11). The largest absolute Gasteiger partial charge is 0.351 e. The lowest BCUT2D eigenvalue weighted by Gasteiger charge is -1.94. The number of nitrogens with zero attached hydrogens (tertiary/aromatic N) is 2. The van der Waals surface area contributed by atoms with Crippen molar-refractivity contribution in [3.8, 4) is 0 Å². The van der Waals surface area contributed by atoms with Gasteiger partial charge in [0.2, 0.25) is 5.13 Å². The monoisotopic (exact) mass is 186 g/mol. The van der Waals surface area contributed by atoms with Gasteiger partial charge in [-0.15, -0.1) is 10.2 Å². The minimum atomic E-state index is -0.610. The Labute approximate surface area is 74.0 Å². The fraction of sp³-hybridized carbons (Fsp3) is 0.500. The van der Waals surface area contributed by atoms with Crippen molar-refractivity contribution in [2.24, 2.45) is 5.73 Å². The van der Waals surface area contributed by atoms with Gasteiger partial charge in [-0.1, -0.05) is 25.2 Å². The highest BCUT2D eigenvalue weighted by Gasteiger charge is 2.07. The van der Waals surface area contributed by atoms with Crippen LogP contribution in [-0.4, -0.2) is 16.2 Å². The van der Waals surface area contributed by atoms with Gasteiger partial charge in [-0.25, -0.2) is 4.79 Å². The fourth-order valence-electron chi connectivity index (χ4n) is 0.624. The zero-order valence-corrected chi connectivity index (χ0v) is 7.68. The molecule has 0 aliphatic heterocycles. The van der Waals surface area contributed by atoms with E-state index in [0.29, 0.717) is 11.0 Å². The van der Waals surface area contributed by atoms with Gasteiger partial charge in [0.25, 0.3) is 0 Å². The van der Waals surface area contributed by atoms with E-state index in [1.54, 1.807) is 0 Å². The second kappa shape index (κ2) is 3.48. The zero-order valence-electron chi connectivity index (χ0n) is 6.87. The average molecular weight is 186 g/mol. The van der Waals surface area contributed by atoms with Crippen LogP contribution in [0.15, 0.2) is 0 Å². The highest BCUT2D eigenvalue weighted by Crippen LogP contribution is 2.21. The third kappa shape index (κ3) is 2.16. The smallest absolute Gasteiger partial charge is 0.318 e. The number of nitrogens with two attached hydrogens (primary N) is 1. The number of nitrogens with one attached hydrogen (secondary N) is 1. The van der Waals surface area contributed by atoms with Crippen molar-refractivity contribution in [1.29, 1.82) is 0 Å². The van der Waals surface area contributed by atoms with Crippen LogP contribution in [-0.2, 0) is 0 Å². The van der Waals surface area contributed by atoms with Gasteiger partial charge in [0.15, 0.2) is 0 Å². The summed E-state index contributed by atoms with van der Waals surface area (Å²) in [5.41, 5.74) is 4.90. The Morgan fingerprint density at radius 3 is 2.67 bits per heavy atom. The minimum Gasteiger partial charge on any atom is -0.351 e. The van der Waals surface area contributed by atoms with Crippen LogP contribution in [0, 0.1) is 0 Å². The zero-order chi connectivity index (χ0) is 9.14. The summed E-state index contributed by atoms with van der Waals surface area (Å²) >= 11 is 1.34. The Morgan fingerprint density at radius 1 is 1.58 bits per heavy atom. The molecule has 3 N–H and O–H groups in total. The highest BCUT2D eigenvalue weighted by atomic mass is 32.1. The molecule has 6 heteroatoms. The van der Waals surface area contributed by atoms with E-state index in [-0.39, 0.29) is 0 Å². The molecule has 0 bridgehead atoms. The molecule has 0 fully saturated rings. The van der Waals surface area contributed by atoms with E-state index in [9.17, 15) is 4.79 Å². The lowest BCUT2D eigenvalue weighted by Crippen LogP contribution is -2.18. The first-order valence-corrected chi connectivity index (χ1v) is 4.31. The van der Waals surface area contributed by atoms with Crippen LogP contribution in [0.2, 0.25) is 0 Å². The van der Waals surface area contributed by atoms with Crippen LogP contribution >= 0.6 is 11.3 Å². The Hall–Kier alpha value is -1.17. The first-order valence-electron chi connectivity index (χ1n) is 3.49. The summed E-state index contributed by atoms with van der Waals surface area (Å²) in [4.78, 5) is 10.4. The van der Waals surface area contributed by atoms with E-state index in [4.69, 9.17) is 5.73 Å². The second-order valence-corrected chi connectivity index (χ2v) is 3.60. The van der Waals surface area contributed by atoms with Crippen molar-refractivity contribution < 1.29 is 4.79 Å². The molecule has 0 aliphatic carbocycles. The predicted octanol–water partition coefficient (Wildman–Crippen LogP) is 1.15. The molecule has 5 nitrogen and oxygen atoms in total. The number of primary amides is 1. The quantitative estimate of drug-likeness (QED) is 0.727. The van der Waals surface area contributed by atoms with Crippen molar-refractivity contribution in [3.05, 3.63) is 5.01 Å². The summed E-state index contributed by atoms with van der Waals surface area (Å²) in [7, 11) is 0. The van der Waals surface area contributed by atoms with Gasteiger partial charge in [-0.3, -0.25) is 5.32 Å². The Bertz CT molecular complexity index is 283. The van der Waals surface area contributed by atoms with Crippen LogP contribution in [0.5, 0.6) is 0 Å². The SMILES string of the molecule is CC(C)c1nnc(NC(N)=O)s1. The Balaban J connectivity index is 2.70. The van der Waals surface area contributed by atoms with Gasteiger partial charge < -0.3 is 5.73 Å². The van der Waals surface area contributed by atoms with Gasteiger partial charge in [0.1, 0.15) is 5.01 Å². The lowest BCUT2D eigenvalue weighted by atomic mass is 10.2. The molecule has 0 saturated heterocycles. The second-order valence-electron chi connectivity index (χ2n) is 2.59. The molecule has 0 aliphatic rings. The maximum absolute atomic E-state index is 10.4. The molecule has 1 aromatic rings. The number of urea groups is 1. The van der Waals surface area contributed by atoms with E-state index in [1.807, 2.05) is 13.8 Å². The number of hydrogen-bond donors (Lipinski definition) is 2. The number of anilines is 1. The highest BCUT2D eigenvalue weighted by molar-refractivity contribution is 7.15. The molecular weight excluding hydrogens is 176 g/mol. The number of hydrogen-bond acceptors (Lipinski definition) is 4. The number of amides is 2. The Kier molecular flexibility index (Phi) is 2.59. The van der Waals surface area contributed by atoms with Crippen molar-refractivity contribution in [2.75, 3.05) is 5.32 Å². The maximum Gasteiger partial charge on any atom is 0.318 e. The molecule has 1 heterocycles. The molecule has 1 rings (SSSR count). The van der Waals surface area contributed by atoms with Gasteiger partial charge >= 0.3 is 6.03 Å². The topological polar surface area (TPSA) is 80.9 Å². The van der Waals surface area contributed by atoms with Crippen molar-refractivity contribution >= 4 is 22.5 Å². The molecule has 0 unspecified atom stereocenters. The number of carbonyl (C=O) groups excluding carboxylic acids is 1. The first-order chi connectivity index (χ1) is 5.59. The van der Waals surface area contributed by atoms with Gasteiger partial charge in [-0.05, 0) is 0 Å². The summed E-state index contributed by atoms with van der Waals surface area (Å²) < 4.78 is 0. The molecular formula is C6H10N4OS. The summed E-state index contributed by atoms with van der Waals surface area (Å²) in [6.45, 7) is 4.02. The Morgan fingerprint density at radius 2 is 2.25 bits per heavy atom.